The first kappa shape index (κ1) is 29.6. The van der Waals surface area contributed by atoms with E-state index in [-0.39, 0.29) is 36.5 Å². The van der Waals surface area contributed by atoms with Gasteiger partial charge in [0.15, 0.2) is 0 Å². The fourth-order valence-electron chi connectivity index (χ4n) is 4.38. The molecule has 1 heterocycles. The first-order valence-electron chi connectivity index (χ1n) is 12.7. The molecule has 11 heteroatoms. The van der Waals surface area contributed by atoms with Crippen LogP contribution in [0, 0.1) is 5.82 Å². The number of halogens is 4. The topological polar surface area (TPSA) is 81.7 Å². The van der Waals surface area contributed by atoms with Crippen LogP contribution in [0.25, 0.3) is 0 Å². The number of carbonyl (C=O) groups excluding carboxylic acids is 2. The largest absolute Gasteiger partial charge is 0.416 e. The Labute approximate surface area is 233 Å². The zero-order chi connectivity index (χ0) is 28.7. The van der Waals surface area contributed by atoms with Crippen molar-refractivity contribution in [3.05, 3.63) is 106 Å². The molecule has 0 bridgehead atoms. The van der Waals surface area contributed by atoms with Gasteiger partial charge in [0.05, 0.1) is 23.6 Å². The fourth-order valence-corrected chi connectivity index (χ4v) is 5.32. The lowest BCUT2D eigenvalue weighted by Gasteiger charge is -2.25. The third kappa shape index (κ3) is 8.06. The highest BCUT2D eigenvalue weighted by molar-refractivity contribution is 7.99. The minimum absolute atomic E-state index is 0.0704. The second-order valence-electron chi connectivity index (χ2n) is 9.50. The van der Waals surface area contributed by atoms with Crippen molar-refractivity contribution in [2.75, 3.05) is 24.7 Å². The molecular weight excluding hydrogens is 546 g/mol. The normalized spacial score (nSPS) is 15.1. The maximum Gasteiger partial charge on any atom is 0.416 e. The molecule has 3 N–H and O–H groups in total. The molecule has 40 heavy (non-hydrogen) atoms. The molecular formula is C29H29F4N3O3S. The van der Waals surface area contributed by atoms with E-state index in [1.54, 1.807) is 34.9 Å². The standard InChI is InChI=1S/C29H29F4N3O3S/c30-24-12-20(11-23(15-24)29(31,32)33)16-34-17-26(37)25(13-19-5-2-1-3-6-19)35-27(38)21-7-4-8-22(14-21)28(39)36-9-10-40-18-36/h1-8,11-12,14-15,25-26,34,37H,9-10,13,16-18H2,(H,35,38)/t25-,26+/m0/s1. The van der Waals surface area contributed by atoms with E-state index >= 15 is 0 Å². The minimum atomic E-state index is -4.68. The summed E-state index contributed by atoms with van der Waals surface area (Å²) in [6, 6.07) is 17.1. The van der Waals surface area contributed by atoms with Crippen molar-refractivity contribution in [1.29, 1.82) is 0 Å². The average Bonchev–Trinajstić information content (AvgIpc) is 3.47. The van der Waals surface area contributed by atoms with Gasteiger partial charge >= 0.3 is 6.18 Å². The number of alkyl halides is 3. The molecule has 0 unspecified atom stereocenters. The van der Waals surface area contributed by atoms with Crippen molar-refractivity contribution in [2.24, 2.45) is 0 Å². The van der Waals surface area contributed by atoms with E-state index in [1.807, 2.05) is 30.3 Å². The van der Waals surface area contributed by atoms with Crippen LogP contribution in [0.1, 0.15) is 37.4 Å². The van der Waals surface area contributed by atoms with Gasteiger partial charge < -0.3 is 20.6 Å². The summed E-state index contributed by atoms with van der Waals surface area (Å²) in [7, 11) is 0. The first-order chi connectivity index (χ1) is 19.1. The smallest absolute Gasteiger partial charge is 0.390 e. The first-order valence-corrected chi connectivity index (χ1v) is 13.8. The molecule has 0 spiro atoms. The Morgan fingerprint density at radius 1 is 0.975 bits per heavy atom. The van der Waals surface area contributed by atoms with Crippen molar-refractivity contribution in [1.82, 2.24) is 15.5 Å². The van der Waals surface area contributed by atoms with Crippen LogP contribution >= 0.6 is 11.8 Å². The summed E-state index contributed by atoms with van der Waals surface area (Å²) in [5.74, 6) is -0.186. The Kier molecular flexibility index (Phi) is 9.83. The van der Waals surface area contributed by atoms with Gasteiger partial charge in [-0.2, -0.15) is 13.2 Å². The van der Waals surface area contributed by atoms with Gasteiger partial charge in [0.25, 0.3) is 11.8 Å². The van der Waals surface area contributed by atoms with Gasteiger partial charge in [0, 0.05) is 36.5 Å². The number of amides is 2. The summed E-state index contributed by atoms with van der Waals surface area (Å²) >= 11 is 1.66. The van der Waals surface area contributed by atoms with Crippen LogP contribution in [0.5, 0.6) is 0 Å². The molecule has 6 nitrogen and oxygen atoms in total. The Bertz CT molecular complexity index is 1320. The zero-order valence-corrected chi connectivity index (χ0v) is 22.3. The van der Waals surface area contributed by atoms with E-state index in [1.165, 1.54) is 6.07 Å². The Morgan fingerprint density at radius 2 is 1.73 bits per heavy atom. The second kappa shape index (κ2) is 13.3. The van der Waals surface area contributed by atoms with Crippen LogP contribution in [-0.2, 0) is 19.1 Å². The number of carbonyl (C=O) groups is 2. The van der Waals surface area contributed by atoms with Crippen LogP contribution in [0.4, 0.5) is 17.6 Å². The third-order valence-corrected chi connectivity index (χ3v) is 7.42. The summed E-state index contributed by atoms with van der Waals surface area (Å²) in [5, 5.41) is 16.7. The van der Waals surface area contributed by atoms with Crippen molar-refractivity contribution in [3.8, 4) is 0 Å². The third-order valence-electron chi connectivity index (χ3n) is 6.46. The molecule has 212 valence electrons. The molecule has 1 saturated heterocycles. The molecule has 1 fully saturated rings. The summed E-state index contributed by atoms with van der Waals surface area (Å²) in [5.41, 5.74) is 0.479. The number of thioether (sulfide) groups is 1. The molecule has 3 aromatic carbocycles. The summed E-state index contributed by atoms with van der Waals surface area (Å²) in [4.78, 5) is 27.7. The summed E-state index contributed by atoms with van der Waals surface area (Å²) in [6.07, 6.45) is -5.54. The fraction of sp³-hybridized carbons (Fsp3) is 0.310. The lowest BCUT2D eigenvalue weighted by atomic mass is 10.00. The lowest BCUT2D eigenvalue weighted by Crippen LogP contribution is -2.48. The molecule has 1 aliphatic heterocycles. The number of hydrogen-bond donors (Lipinski definition) is 3. The number of nitrogens with zero attached hydrogens (tertiary/aromatic N) is 1. The number of nitrogens with one attached hydrogen (secondary N) is 2. The van der Waals surface area contributed by atoms with E-state index in [0.717, 1.165) is 23.4 Å². The van der Waals surface area contributed by atoms with Crippen LogP contribution in [0.15, 0.2) is 72.8 Å². The zero-order valence-electron chi connectivity index (χ0n) is 21.5. The van der Waals surface area contributed by atoms with Crippen LogP contribution in [0.3, 0.4) is 0 Å². The molecule has 0 aliphatic carbocycles. The van der Waals surface area contributed by atoms with Gasteiger partial charge in [-0.05, 0) is 53.9 Å². The average molecular weight is 576 g/mol. The Hall–Kier alpha value is -3.41. The van der Waals surface area contributed by atoms with Crippen molar-refractivity contribution < 1.29 is 32.3 Å². The second-order valence-corrected chi connectivity index (χ2v) is 10.6. The molecule has 3 aromatic rings. The van der Waals surface area contributed by atoms with Gasteiger partial charge in [0.1, 0.15) is 5.82 Å². The van der Waals surface area contributed by atoms with Gasteiger partial charge in [-0.25, -0.2) is 4.39 Å². The highest BCUT2D eigenvalue weighted by Gasteiger charge is 2.31. The maximum atomic E-state index is 13.7. The van der Waals surface area contributed by atoms with E-state index < -0.39 is 35.6 Å². The van der Waals surface area contributed by atoms with E-state index in [4.69, 9.17) is 0 Å². The maximum absolute atomic E-state index is 13.7. The monoisotopic (exact) mass is 575 g/mol. The summed E-state index contributed by atoms with van der Waals surface area (Å²) in [6.45, 7) is 0.440. The molecule has 0 saturated carbocycles. The number of aliphatic hydroxyl groups is 1. The molecule has 2 amide bonds. The van der Waals surface area contributed by atoms with Gasteiger partial charge in [0.2, 0.25) is 0 Å². The predicted octanol–water partition coefficient (Wildman–Crippen LogP) is 4.48. The van der Waals surface area contributed by atoms with Crippen LogP contribution in [0.2, 0.25) is 0 Å². The van der Waals surface area contributed by atoms with Crippen LogP contribution < -0.4 is 10.6 Å². The SMILES string of the molecule is O=C(N[C@@H](Cc1ccccc1)[C@H](O)CNCc1cc(F)cc(C(F)(F)F)c1)c1cccc(C(=O)N2CCSC2)c1. The Balaban J connectivity index is 1.44. The molecule has 2 atom stereocenters. The summed E-state index contributed by atoms with van der Waals surface area (Å²) < 4.78 is 52.8. The Morgan fingerprint density at radius 3 is 2.42 bits per heavy atom. The van der Waals surface area contributed by atoms with Crippen molar-refractivity contribution in [2.45, 2.75) is 31.3 Å². The van der Waals surface area contributed by atoms with E-state index in [2.05, 4.69) is 10.6 Å². The highest BCUT2D eigenvalue weighted by atomic mass is 32.2. The quantitative estimate of drug-likeness (QED) is 0.311. The number of rotatable bonds is 10. The number of hydrogen-bond acceptors (Lipinski definition) is 5. The lowest BCUT2D eigenvalue weighted by molar-refractivity contribution is -0.137. The van der Waals surface area contributed by atoms with Gasteiger partial charge in [-0.3, -0.25) is 9.59 Å². The molecule has 4 rings (SSSR count). The molecule has 0 radical (unpaired) electrons. The minimum Gasteiger partial charge on any atom is -0.390 e. The van der Waals surface area contributed by atoms with Crippen LogP contribution in [-0.4, -0.2) is 58.7 Å². The van der Waals surface area contributed by atoms with E-state index in [0.29, 0.717) is 24.1 Å². The van der Waals surface area contributed by atoms with Gasteiger partial charge in [-0.15, -0.1) is 11.8 Å². The van der Waals surface area contributed by atoms with E-state index in [9.17, 15) is 32.3 Å². The predicted molar refractivity (Wildman–Crippen MR) is 145 cm³/mol. The molecule has 0 aromatic heterocycles. The van der Waals surface area contributed by atoms with Crippen molar-refractivity contribution in [3.63, 3.8) is 0 Å². The highest BCUT2D eigenvalue weighted by Crippen LogP contribution is 2.30. The number of benzene rings is 3. The van der Waals surface area contributed by atoms with Crippen molar-refractivity contribution >= 4 is 23.6 Å². The molecule has 1 aliphatic rings. The van der Waals surface area contributed by atoms with Gasteiger partial charge in [-0.1, -0.05) is 36.4 Å². The number of aliphatic hydroxyl groups excluding tert-OH is 1.